The van der Waals surface area contributed by atoms with Crippen molar-refractivity contribution in [3.63, 3.8) is 0 Å². The SMILES string of the molecule is CC(Oc1ccc(S(=O)(=O)c2ccc(C(C)(C)Cl)cc2)cc1)c1ccc(S(=O)(=O)c2ccc(Cl)cc2)cc1. The maximum atomic E-state index is 13.1. The fourth-order valence-electron chi connectivity index (χ4n) is 3.80. The van der Waals surface area contributed by atoms with E-state index in [0.717, 1.165) is 11.1 Å². The van der Waals surface area contributed by atoms with Gasteiger partial charge >= 0.3 is 0 Å². The van der Waals surface area contributed by atoms with Crippen LogP contribution in [0.25, 0.3) is 0 Å². The van der Waals surface area contributed by atoms with Crippen molar-refractivity contribution in [2.75, 3.05) is 0 Å². The summed E-state index contributed by atoms with van der Waals surface area (Å²) in [5.74, 6) is 0.480. The molecule has 9 heteroatoms. The van der Waals surface area contributed by atoms with Gasteiger partial charge in [-0.1, -0.05) is 35.9 Å². The zero-order valence-electron chi connectivity index (χ0n) is 20.9. The monoisotopic (exact) mass is 588 g/mol. The Morgan fingerprint density at radius 1 is 0.632 bits per heavy atom. The van der Waals surface area contributed by atoms with Crippen molar-refractivity contribution >= 4 is 42.9 Å². The first kappa shape index (κ1) is 28.2. The lowest BCUT2D eigenvalue weighted by Crippen LogP contribution is -2.08. The van der Waals surface area contributed by atoms with Crippen LogP contribution in [0.3, 0.4) is 0 Å². The van der Waals surface area contributed by atoms with Crippen molar-refractivity contribution < 1.29 is 21.6 Å². The molecule has 4 aromatic rings. The second kappa shape index (κ2) is 10.7. The van der Waals surface area contributed by atoms with Crippen LogP contribution in [0, 0.1) is 0 Å². The molecule has 5 nitrogen and oxygen atoms in total. The van der Waals surface area contributed by atoms with Crippen molar-refractivity contribution in [2.45, 2.75) is 51.3 Å². The molecule has 0 aromatic heterocycles. The van der Waals surface area contributed by atoms with Gasteiger partial charge in [0.25, 0.3) is 0 Å². The highest BCUT2D eigenvalue weighted by molar-refractivity contribution is 7.91. The first-order valence-corrected chi connectivity index (χ1v) is 15.4. The van der Waals surface area contributed by atoms with Crippen LogP contribution in [0.15, 0.2) is 117 Å². The molecule has 0 radical (unpaired) electrons. The van der Waals surface area contributed by atoms with Crippen LogP contribution in [0.1, 0.15) is 38.0 Å². The van der Waals surface area contributed by atoms with Gasteiger partial charge in [-0.3, -0.25) is 0 Å². The summed E-state index contributed by atoms with van der Waals surface area (Å²) in [7, 11) is -7.38. The minimum Gasteiger partial charge on any atom is -0.486 e. The Balaban J connectivity index is 1.46. The fourth-order valence-corrected chi connectivity index (χ4v) is 6.58. The summed E-state index contributed by atoms with van der Waals surface area (Å²) < 4.78 is 57.8. The highest BCUT2D eigenvalue weighted by atomic mass is 35.5. The Labute approximate surface area is 233 Å². The Kier molecular flexibility index (Phi) is 7.96. The summed E-state index contributed by atoms with van der Waals surface area (Å²) in [6, 6.07) is 25.2. The molecule has 0 N–H and O–H groups in total. The van der Waals surface area contributed by atoms with Gasteiger partial charge in [0.05, 0.1) is 24.5 Å². The van der Waals surface area contributed by atoms with Gasteiger partial charge in [-0.05, 0) is 105 Å². The van der Waals surface area contributed by atoms with Gasteiger partial charge in [0.15, 0.2) is 0 Å². The topological polar surface area (TPSA) is 77.5 Å². The molecule has 0 fully saturated rings. The molecule has 1 unspecified atom stereocenters. The molecular weight excluding hydrogens is 563 g/mol. The van der Waals surface area contributed by atoms with Gasteiger partial charge in [0.1, 0.15) is 11.9 Å². The number of hydrogen-bond donors (Lipinski definition) is 0. The highest BCUT2D eigenvalue weighted by Crippen LogP contribution is 2.31. The molecule has 198 valence electrons. The minimum atomic E-state index is -3.71. The standard InChI is InChI=1S/C29H26Cl2O5S2/c1-20(21-4-12-25(13-5-21)37(32,33)27-16-8-23(30)9-17-27)36-24-10-18-28(19-11-24)38(34,35)26-14-6-22(7-15-26)29(2,3)31/h4-20H,1-3H3. The minimum absolute atomic E-state index is 0.146. The zero-order chi connectivity index (χ0) is 27.7. The fraction of sp³-hybridized carbons (Fsp3) is 0.172. The smallest absolute Gasteiger partial charge is 0.206 e. The number of hydrogen-bond acceptors (Lipinski definition) is 5. The third-order valence-corrected chi connectivity index (χ3v) is 10.1. The lowest BCUT2D eigenvalue weighted by Gasteiger charge is -2.17. The summed E-state index contributed by atoms with van der Waals surface area (Å²) >= 11 is 12.2. The number of ether oxygens (including phenoxy) is 1. The molecule has 0 saturated carbocycles. The van der Waals surface area contributed by atoms with Crippen LogP contribution in [-0.4, -0.2) is 16.8 Å². The van der Waals surface area contributed by atoms with E-state index in [9.17, 15) is 16.8 Å². The van der Waals surface area contributed by atoms with Crippen LogP contribution in [0.5, 0.6) is 5.75 Å². The van der Waals surface area contributed by atoms with Crippen molar-refractivity contribution in [2.24, 2.45) is 0 Å². The van der Waals surface area contributed by atoms with E-state index in [4.69, 9.17) is 27.9 Å². The summed E-state index contributed by atoms with van der Waals surface area (Å²) in [4.78, 5) is 0.0502. The summed E-state index contributed by atoms with van der Waals surface area (Å²) in [5.41, 5.74) is 1.59. The summed E-state index contributed by atoms with van der Waals surface area (Å²) in [6.07, 6.45) is -0.406. The molecular formula is C29H26Cl2O5S2. The maximum Gasteiger partial charge on any atom is 0.206 e. The van der Waals surface area contributed by atoms with Crippen LogP contribution in [0.2, 0.25) is 5.02 Å². The third kappa shape index (κ3) is 6.07. The normalized spacial score (nSPS) is 13.2. The zero-order valence-corrected chi connectivity index (χ0v) is 24.1. The van der Waals surface area contributed by atoms with Gasteiger partial charge in [0.2, 0.25) is 19.7 Å². The molecule has 0 amide bonds. The van der Waals surface area contributed by atoms with E-state index < -0.39 is 30.7 Å². The lowest BCUT2D eigenvalue weighted by molar-refractivity contribution is 0.226. The molecule has 1 atom stereocenters. The molecule has 0 aliphatic heterocycles. The molecule has 0 heterocycles. The van der Waals surface area contributed by atoms with Crippen molar-refractivity contribution in [1.29, 1.82) is 0 Å². The second-order valence-corrected chi connectivity index (χ2v) is 14.5. The Bertz CT molecular complexity index is 1620. The van der Waals surface area contributed by atoms with Crippen molar-refractivity contribution in [3.8, 4) is 5.75 Å². The maximum absolute atomic E-state index is 13.1. The van der Waals surface area contributed by atoms with Gasteiger partial charge in [-0.15, -0.1) is 11.6 Å². The second-order valence-electron chi connectivity index (χ2n) is 9.26. The van der Waals surface area contributed by atoms with Crippen LogP contribution in [0.4, 0.5) is 0 Å². The van der Waals surface area contributed by atoms with Crippen LogP contribution in [-0.2, 0) is 24.5 Å². The number of rotatable bonds is 8. The van der Waals surface area contributed by atoms with Gasteiger partial charge in [-0.25, -0.2) is 16.8 Å². The van der Waals surface area contributed by atoms with Crippen LogP contribution < -0.4 is 4.74 Å². The molecule has 4 aromatic carbocycles. The van der Waals surface area contributed by atoms with Crippen LogP contribution >= 0.6 is 23.2 Å². The third-order valence-electron chi connectivity index (χ3n) is 6.08. The molecule has 38 heavy (non-hydrogen) atoms. The summed E-state index contributed by atoms with van der Waals surface area (Å²) in [6.45, 7) is 5.51. The van der Waals surface area contributed by atoms with E-state index in [2.05, 4.69) is 0 Å². The Morgan fingerprint density at radius 2 is 1.00 bits per heavy atom. The predicted molar refractivity (Wildman–Crippen MR) is 150 cm³/mol. The van der Waals surface area contributed by atoms with Gasteiger partial charge in [0, 0.05) is 5.02 Å². The lowest BCUT2D eigenvalue weighted by atomic mass is 10.0. The molecule has 0 spiro atoms. The van der Waals surface area contributed by atoms with E-state index in [1.165, 1.54) is 48.5 Å². The van der Waals surface area contributed by atoms with Gasteiger partial charge < -0.3 is 4.74 Å². The van der Waals surface area contributed by atoms with E-state index in [1.807, 2.05) is 20.8 Å². The first-order valence-electron chi connectivity index (χ1n) is 11.7. The quantitative estimate of drug-likeness (QED) is 0.198. The Hall–Kier alpha value is -2.84. The molecule has 0 aliphatic rings. The van der Waals surface area contributed by atoms with E-state index in [0.29, 0.717) is 10.8 Å². The number of alkyl halides is 1. The van der Waals surface area contributed by atoms with E-state index in [-0.39, 0.29) is 19.6 Å². The average Bonchev–Trinajstić information content (AvgIpc) is 2.89. The van der Waals surface area contributed by atoms with Crippen molar-refractivity contribution in [1.82, 2.24) is 0 Å². The number of sulfone groups is 2. The number of benzene rings is 4. The summed E-state index contributed by atoms with van der Waals surface area (Å²) in [5, 5.41) is 0.459. The highest BCUT2D eigenvalue weighted by Gasteiger charge is 2.22. The molecule has 0 aliphatic carbocycles. The molecule has 0 saturated heterocycles. The largest absolute Gasteiger partial charge is 0.486 e. The van der Waals surface area contributed by atoms with Gasteiger partial charge in [-0.2, -0.15) is 0 Å². The average molecular weight is 590 g/mol. The first-order chi connectivity index (χ1) is 17.8. The van der Waals surface area contributed by atoms with E-state index in [1.54, 1.807) is 48.5 Å². The Morgan fingerprint density at radius 3 is 1.42 bits per heavy atom. The van der Waals surface area contributed by atoms with E-state index >= 15 is 0 Å². The van der Waals surface area contributed by atoms with Crippen molar-refractivity contribution in [3.05, 3.63) is 113 Å². The number of halogens is 2. The molecule has 0 bridgehead atoms. The molecule has 4 rings (SSSR count). The predicted octanol–water partition coefficient (Wildman–Crippen LogP) is 7.62.